The average Bonchev–Trinajstić information content (AvgIpc) is 2.47. The van der Waals surface area contributed by atoms with Crippen molar-refractivity contribution in [3.05, 3.63) is 71.3 Å². The molecule has 1 heterocycles. The molecule has 1 aliphatic heterocycles. The Kier molecular flexibility index (Phi) is 3.52. The highest BCUT2D eigenvalue weighted by Gasteiger charge is 2.41. The minimum absolute atomic E-state index is 0.0354. The Morgan fingerprint density at radius 3 is 2.40 bits per heavy atom. The predicted molar refractivity (Wildman–Crippen MR) is 77.1 cm³/mol. The molecule has 3 heteroatoms. The lowest BCUT2D eigenvalue weighted by molar-refractivity contribution is -0.150. The fraction of sp³-hybridized carbons (Fsp3) is 0.235. The van der Waals surface area contributed by atoms with Gasteiger partial charge in [0.15, 0.2) is 6.10 Å². The van der Waals surface area contributed by atoms with Crippen LogP contribution in [0.2, 0.25) is 0 Å². The lowest BCUT2D eigenvalue weighted by Crippen LogP contribution is -2.57. The van der Waals surface area contributed by atoms with Gasteiger partial charge in [0, 0.05) is 0 Å². The number of hydrogen-bond donors (Lipinski definition) is 1. The largest absolute Gasteiger partial charge is 0.361 e. The standard InChI is InChI=1S/C17H17NO2/c1-12-7-9-14(10-8-12)15-16(17(19)18-15)20-11-13-5-3-2-4-6-13/h2-10,15-16H,11H2,1H3,(H,18,19)/t15-,16+/m0/s1. The maximum absolute atomic E-state index is 11.7. The molecule has 1 fully saturated rings. The minimum Gasteiger partial charge on any atom is -0.361 e. The highest BCUT2D eigenvalue weighted by Crippen LogP contribution is 2.28. The van der Waals surface area contributed by atoms with Gasteiger partial charge in [0.05, 0.1) is 12.6 Å². The zero-order valence-electron chi connectivity index (χ0n) is 11.4. The Morgan fingerprint density at radius 1 is 1.05 bits per heavy atom. The molecule has 102 valence electrons. The number of carbonyl (C=O) groups is 1. The molecule has 20 heavy (non-hydrogen) atoms. The molecule has 0 radical (unpaired) electrons. The topological polar surface area (TPSA) is 38.3 Å². The summed E-state index contributed by atoms with van der Waals surface area (Å²) in [6.07, 6.45) is -0.391. The van der Waals surface area contributed by atoms with E-state index in [0.29, 0.717) is 6.61 Å². The molecule has 2 aromatic carbocycles. The zero-order chi connectivity index (χ0) is 13.9. The van der Waals surface area contributed by atoms with Crippen LogP contribution in [-0.2, 0) is 16.1 Å². The highest BCUT2D eigenvalue weighted by molar-refractivity contribution is 5.88. The van der Waals surface area contributed by atoms with Gasteiger partial charge in [0.2, 0.25) is 0 Å². The molecule has 3 rings (SSSR count). The summed E-state index contributed by atoms with van der Waals surface area (Å²) in [5.41, 5.74) is 3.38. The summed E-state index contributed by atoms with van der Waals surface area (Å²) in [4.78, 5) is 11.7. The number of nitrogens with one attached hydrogen (secondary N) is 1. The van der Waals surface area contributed by atoms with Crippen molar-refractivity contribution in [2.75, 3.05) is 0 Å². The van der Waals surface area contributed by atoms with Crippen LogP contribution >= 0.6 is 0 Å². The van der Waals surface area contributed by atoms with Crippen molar-refractivity contribution in [3.63, 3.8) is 0 Å². The van der Waals surface area contributed by atoms with E-state index < -0.39 is 6.10 Å². The number of ether oxygens (including phenoxy) is 1. The van der Waals surface area contributed by atoms with Crippen molar-refractivity contribution in [1.29, 1.82) is 0 Å². The van der Waals surface area contributed by atoms with Crippen molar-refractivity contribution in [1.82, 2.24) is 5.32 Å². The van der Waals surface area contributed by atoms with E-state index >= 15 is 0 Å². The smallest absolute Gasteiger partial charge is 0.252 e. The minimum atomic E-state index is -0.391. The average molecular weight is 267 g/mol. The van der Waals surface area contributed by atoms with Gasteiger partial charge in [0.25, 0.3) is 5.91 Å². The van der Waals surface area contributed by atoms with Crippen LogP contribution in [-0.4, -0.2) is 12.0 Å². The molecule has 0 aliphatic carbocycles. The Morgan fingerprint density at radius 2 is 1.75 bits per heavy atom. The highest BCUT2D eigenvalue weighted by atomic mass is 16.5. The molecule has 2 aromatic rings. The fourth-order valence-corrected chi connectivity index (χ4v) is 2.33. The van der Waals surface area contributed by atoms with Crippen LogP contribution in [0.4, 0.5) is 0 Å². The summed E-state index contributed by atoms with van der Waals surface area (Å²) in [5, 5.41) is 2.90. The molecule has 0 aromatic heterocycles. The number of rotatable bonds is 4. The van der Waals surface area contributed by atoms with Crippen LogP contribution in [0.5, 0.6) is 0 Å². The second kappa shape index (κ2) is 5.47. The molecular formula is C17H17NO2. The summed E-state index contributed by atoms with van der Waals surface area (Å²) in [6, 6.07) is 18.0. The second-order valence-corrected chi connectivity index (χ2v) is 5.11. The van der Waals surface area contributed by atoms with Crippen molar-refractivity contribution in [3.8, 4) is 0 Å². The van der Waals surface area contributed by atoms with Crippen LogP contribution < -0.4 is 5.32 Å². The van der Waals surface area contributed by atoms with Gasteiger partial charge >= 0.3 is 0 Å². The van der Waals surface area contributed by atoms with Crippen LogP contribution in [0, 0.1) is 6.92 Å². The maximum atomic E-state index is 11.7. The Bertz CT molecular complexity index is 592. The maximum Gasteiger partial charge on any atom is 0.252 e. The molecule has 0 unspecified atom stereocenters. The van der Waals surface area contributed by atoms with Gasteiger partial charge in [-0.1, -0.05) is 60.2 Å². The van der Waals surface area contributed by atoms with E-state index in [0.717, 1.165) is 11.1 Å². The first kappa shape index (κ1) is 12.9. The van der Waals surface area contributed by atoms with E-state index in [1.165, 1.54) is 5.56 Å². The second-order valence-electron chi connectivity index (χ2n) is 5.11. The van der Waals surface area contributed by atoms with Crippen LogP contribution in [0.15, 0.2) is 54.6 Å². The van der Waals surface area contributed by atoms with Gasteiger partial charge in [-0.15, -0.1) is 0 Å². The van der Waals surface area contributed by atoms with Crippen LogP contribution in [0.3, 0.4) is 0 Å². The third kappa shape index (κ3) is 2.58. The van der Waals surface area contributed by atoms with Gasteiger partial charge in [-0.3, -0.25) is 4.79 Å². The van der Waals surface area contributed by atoms with Gasteiger partial charge in [-0.2, -0.15) is 0 Å². The van der Waals surface area contributed by atoms with Crippen molar-refractivity contribution in [2.45, 2.75) is 25.7 Å². The number of hydrogen-bond acceptors (Lipinski definition) is 2. The summed E-state index contributed by atoms with van der Waals surface area (Å²) < 4.78 is 5.76. The van der Waals surface area contributed by atoms with E-state index in [1.54, 1.807) is 0 Å². The first-order chi connectivity index (χ1) is 9.74. The van der Waals surface area contributed by atoms with Crippen LogP contribution in [0.1, 0.15) is 22.7 Å². The van der Waals surface area contributed by atoms with Gasteiger partial charge in [-0.05, 0) is 18.1 Å². The molecule has 0 saturated carbocycles. The summed E-state index contributed by atoms with van der Waals surface area (Å²) in [6.45, 7) is 2.51. The lowest BCUT2D eigenvalue weighted by Gasteiger charge is -2.36. The lowest BCUT2D eigenvalue weighted by atomic mass is 9.93. The summed E-state index contributed by atoms with van der Waals surface area (Å²) in [5.74, 6) is -0.0356. The number of benzene rings is 2. The number of aryl methyl sites for hydroxylation is 1. The number of β-lactam (4-membered cyclic amide) rings is 1. The van der Waals surface area contributed by atoms with Gasteiger partial charge < -0.3 is 10.1 Å². The van der Waals surface area contributed by atoms with Crippen molar-refractivity contribution >= 4 is 5.91 Å². The molecule has 1 amide bonds. The van der Waals surface area contributed by atoms with Gasteiger partial charge in [0.1, 0.15) is 0 Å². The predicted octanol–water partition coefficient (Wildman–Crippen LogP) is 2.75. The Hall–Kier alpha value is -2.13. The first-order valence-corrected chi connectivity index (χ1v) is 6.76. The van der Waals surface area contributed by atoms with E-state index in [2.05, 4.69) is 5.32 Å². The summed E-state index contributed by atoms with van der Waals surface area (Å²) in [7, 11) is 0. The molecule has 3 nitrogen and oxygen atoms in total. The molecule has 1 saturated heterocycles. The molecule has 0 spiro atoms. The summed E-state index contributed by atoms with van der Waals surface area (Å²) >= 11 is 0. The Labute approximate surface area is 118 Å². The Balaban J connectivity index is 1.66. The molecule has 2 atom stereocenters. The monoisotopic (exact) mass is 267 g/mol. The normalized spacial score (nSPS) is 21.1. The van der Waals surface area contributed by atoms with E-state index in [9.17, 15) is 4.79 Å². The zero-order valence-corrected chi connectivity index (χ0v) is 11.4. The SMILES string of the molecule is Cc1ccc([C@@H]2NC(=O)[C@@H]2OCc2ccccc2)cc1. The van der Waals surface area contributed by atoms with E-state index in [4.69, 9.17) is 4.74 Å². The quantitative estimate of drug-likeness (QED) is 0.865. The van der Waals surface area contributed by atoms with Crippen molar-refractivity contribution < 1.29 is 9.53 Å². The first-order valence-electron chi connectivity index (χ1n) is 6.76. The van der Waals surface area contributed by atoms with Gasteiger partial charge in [-0.25, -0.2) is 0 Å². The van der Waals surface area contributed by atoms with E-state index in [1.807, 2.05) is 61.5 Å². The molecule has 0 bridgehead atoms. The third-order valence-corrected chi connectivity index (χ3v) is 3.57. The third-order valence-electron chi connectivity index (χ3n) is 3.57. The fourth-order valence-electron chi connectivity index (χ4n) is 2.33. The molecular weight excluding hydrogens is 250 g/mol. The van der Waals surface area contributed by atoms with E-state index in [-0.39, 0.29) is 11.9 Å². The van der Waals surface area contributed by atoms with Crippen molar-refractivity contribution in [2.24, 2.45) is 0 Å². The number of amides is 1. The molecule has 1 N–H and O–H groups in total. The van der Waals surface area contributed by atoms with Crippen LogP contribution in [0.25, 0.3) is 0 Å². The molecule has 1 aliphatic rings. The number of carbonyl (C=O) groups excluding carboxylic acids is 1.